The predicted molar refractivity (Wildman–Crippen MR) is 57.6 cm³/mol. The van der Waals surface area contributed by atoms with E-state index in [0.717, 1.165) is 0 Å². The molecular formula is C9H16BrNO3. The van der Waals surface area contributed by atoms with Gasteiger partial charge in [-0.1, -0.05) is 29.8 Å². The highest BCUT2D eigenvalue weighted by atomic mass is 79.9. The fraction of sp³-hybridized carbons (Fsp3) is 0.778. The maximum atomic E-state index is 11.4. The fourth-order valence-corrected chi connectivity index (χ4v) is 1.43. The first-order chi connectivity index (χ1) is 6.51. The zero-order valence-electron chi connectivity index (χ0n) is 8.67. The second-order valence-corrected chi connectivity index (χ2v) is 3.98. The summed E-state index contributed by atoms with van der Waals surface area (Å²) in [6.07, 6.45) is 0.0597. The monoisotopic (exact) mass is 265 g/mol. The molecule has 0 heterocycles. The molecular weight excluding hydrogens is 250 g/mol. The van der Waals surface area contributed by atoms with E-state index >= 15 is 0 Å². The molecule has 4 nitrogen and oxygen atoms in total. The van der Waals surface area contributed by atoms with Crippen molar-refractivity contribution in [3.8, 4) is 0 Å². The van der Waals surface area contributed by atoms with Gasteiger partial charge in [-0.05, 0) is 12.3 Å². The number of methoxy groups -OCH3 is 1. The van der Waals surface area contributed by atoms with Gasteiger partial charge < -0.3 is 10.1 Å². The topological polar surface area (TPSA) is 55.4 Å². The van der Waals surface area contributed by atoms with E-state index in [9.17, 15) is 9.59 Å². The zero-order valence-corrected chi connectivity index (χ0v) is 10.3. The minimum atomic E-state index is -0.565. The standard InChI is InChI=1S/C9H16BrNO3/c1-6(2)4-7(8(12)5-10)11-9(13)14-3/h6-7H,4-5H2,1-3H3,(H,11,13). The van der Waals surface area contributed by atoms with Crippen molar-refractivity contribution in [1.82, 2.24) is 5.32 Å². The number of hydrogen-bond donors (Lipinski definition) is 1. The minimum absolute atomic E-state index is 0.0379. The summed E-state index contributed by atoms with van der Waals surface area (Å²) in [5.41, 5.74) is 0. The molecule has 0 fully saturated rings. The van der Waals surface area contributed by atoms with Crippen LogP contribution >= 0.6 is 15.9 Å². The van der Waals surface area contributed by atoms with Gasteiger partial charge >= 0.3 is 6.09 Å². The highest BCUT2D eigenvalue weighted by Crippen LogP contribution is 2.07. The molecule has 0 bridgehead atoms. The van der Waals surface area contributed by atoms with Crippen LogP contribution in [0.25, 0.3) is 0 Å². The summed E-state index contributed by atoms with van der Waals surface area (Å²) in [7, 11) is 1.28. The van der Waals surface area contributed by atoms with E-state index < -0.39 is 12.1 Å². The second-order valence-electron chi connectivity index (χ2n) is 3.42. The molecule has 0 aliphatic heterocycles. The van der Waals surface area contributed by atoms with E-state index in [1.54, 1.807) is 0 Å². The third-order valence-corrected chi connectivity index (χ3v) is 2.26. The fourth-order valence-electron chi connectivity index (χ4n) is 1.04. The van der Waals surface area contributed by atoms with Crippen molar-refractivity contribution in [2.75, 3.05) is 12.4 Å². The Bertz CT molecular complexity index is 206. The van der Waals surface area contributed by atoms with Crippen LogP contribution in [0.15, 0.2) is 0 Å². The Balaban J connectivity index is 4.24. The smallest absolute Gasteiger partial charge is 0.407 e. The number of nitrogens with one attached hydrogen (secondary N) is 1. The number of hydrogen-bond acceptors (Lipinski definition) is 3. The first-order valence-electron chi connectivity index (χ1n) is 4.44. The van der Waals surface area contributed by atoms with Crippen molar-refractivity contribution in [3.05, 3.63) is 0 Å². The van der Waals surface area contributed by atoms with E-state index in [1.807, 2.05) is 13.8 Å². The lowest BCUT2D eigenvalue weighted by Crippen LogP contribution is -2.42. The van der Waals surface area contributed by atoms with Crippen LogP contribution in [0.3, 0.4) is 0 Å². The Morgan fingerprint density at radius 2 is 2.00 bits per heavy atom. The van der Waals surface area contributed by atoms with Crippen molar-refractivity contribution in [2.24, 2.45) is 5.92 Å². The summed E-state index contributed by atoms with van der Waals surface area (Å²) in [6.45, 7) is 3.99. The average Bonchev–Trinajstić information content (AvgIpc) is 2.14. The molecule has 14 heavy (non-hydrogen) atoms. The summed E-state index contributed by atoms with van der Waals surface area (Å²) >= 11 is 3.08. The third-order valence-electron chi connectivity index (χ3n) is 1.70. The Morgan fingerprint density at radius 3 is 2.36 bits per heavy atom. The third kappa shape index (κ3) is 5.21. The van der Waals surface area contributed by atoms with Gasteiger partial charge in [0, 0.05) is 0 Å². The lowest BCUT2D eigenvalue weighted by atomic mass is 10.0. The Hall–Kier alpha value is -0.580. The molecule has 82 valence electrons. The molecule has 1 unspecified atom stereocenters. The van der Waals surface area contributed by atoms with Gasteiger partial charge in [-0.15, -0.1) is 0 Å². The van der Waals surface area contributed by atoms with Crippen LogP contribution in [0.2, 0.25) is 0 Å². The molecule has 0 rings (SSSR count). The first-order valence-corrected chi connectivity index (χ1v) is 5.56. The van der Waals surface area contributed by atoms with Crippen LogP contribution in [-0.2, 0) is 9.53 Å². The van der Waals surface area contributed by atoms with Crippen molar-refractivity contribution < 1.29 is 14.3 Å². The summed E-state index contributed by atoms with van der Waals surface area (Å²) < 4.78 is 4.44. The van der Waals surface area contributed by atoms with Crippen molar-refractivity contribution >= 4 is 27.8 Å². The van der Waals surface area contributed by atoms with Crippen molar-refractivity contribution in [3.63, 3.8) is 0 Å². The quantitative estimate of drug-likeness (QED) is 0.771. The Morgan fingerprint density at radius 1 is 1.43 bits per heavy atom. The highest BCUT2D eigenvalue weighted by Gasteiger charge is 2.20. The number of carbonyl (C=O) groups excluding carboxylic acids is 2. The summed E-state index contributed by atoms with van der Waals surface area (Å²) in [6, 6.07) is -0.457. The van der Waals surface area contributed by atoms with Crippen LogP contribution in [0.1, 0.15) is 20.3 Å². The molecule has 0 aliphatic carbocycles. The normalized spacial score (nSPS) is 12.4. The maximum Gasteiger partial charge on any atom is 0.407 e. The van der Waals surface area contributed by atoms with Gasteiger partial charge in [0.05, 0.1) is 18.5 Å². The number of Topliss-reactive ketones (excluding diaryl/α,β-unsaturated/α-hetero) is 1. The van der Waals surface area contributed by atoms with Gasteiger partial charge in [0.25, 0.3) is 0 Å². The SMILES string of the molecule is COC(=O)NC(CC(C)C)C(=O)CBr. The zero-order chi connectivity index (χ0) is 11.1. The molecule has 0 saturated carbocycles. The number of ketones is 1. The number of alkyl carbamates (subject to hydrolysis) is 1. The largest absolute Gasteiger partial charge is 0.453 e. The summed E-state index contributed by atoms with van der Waals surface area (Å²) in [5, 5.41) is 2.75. The molecule has 1 amide bonds. The average molecular weight is 266 g/mol. The molecule has 0 saturated heterocycles. The molecule has 1 atom stereocenters. The van der Waals surface area contributed by atoms with Crippen LogP contribution < -0.4 is 5.32 Å². The molecule has 0 radical (unpaired) electrons. The number of halogens is 1. The van der Waals surface area contributed by atoms with E-state index in [1.165, 1.54) is 7.11 Å². The summed E-state index contributed by atoms with van der Waals surface area (Å²) in [5.74, 6) is 0.309. The molecule has 0 aromatic carbocycles. The van der Waals surface area contributed by atoms with Gasteiger partial charge in [-0.3, -0.25) is 4.79 Å². The molecule has 1 N–H and O–H groups in total. The van der Waals surface area contributed by atoms with Crippen LogP contribution in [-0.4, -0.2) is 30.4 Å². The van der Waals surface area contributed by atoms with Crippen LogP contribution in [0.4, 0.5) is 4.79 Å². The van der Waals surface area contributed by atoms with Crippen LogP contribution in [0.5, 0.6) is 0 Å². The van der Waals surface area contributed by atoms with E-state index in [2.05, 4.69) is 26.0 Å². The number of carbonyl (C=O) groups is 2. The lowest BCUT2D eigenvalue weighted by molar-refractivity contribution is -0.118. The number of rotatable bonds is 5. The molecule has 0 aromatic heterocycles. The first kappa shape index (κ1) is 13.4. The van der Waals surface area contributed by atoms with Gasteiger partial charge in [0.1, 0.15) is 0 Å². The van der Waals surface area contributed by atoms with Gasteiger partial charge in [0.2, 0.25) is 0 Å². The molecule has 5 heteroatoms. The molecule has 0 aliphatic rings. The lowest BCUT2D eigenvalue weighted by Gasteiger charge is -2.17. The number of alkyl halides is 1. The van der Waals surface area contributed by atoms with Crippen molar-refractivity contribution in [2.45, 2.75) is 26.3 Å². The predicted octanol–water partition coefficient (Wildman–Crippen LogP) is 1.72. The van der Waals surface area contributed by atoms with Gasteiger partial charge in [-0.2, -0.15) is 0 Å². The molecule has 0 spiro atoms. The van der Waals surface area contributed by atoms with Crippen LogP contribution in [0, 0.1) is 5.92 Å². The maximum absolute atomic E-state index is 11.4. The van der Waals surface area contributed by atoms with Crippen molar-refractivity contribution in [1.29, 1.82) is 0 Å². The highest BCUT2D eigenvalue weighted by molar-refractivity contribution is 9.09. The van der Waals surface area contributed by atoms with Gasteiger partial charge in [-0.25, -0.2) is 4.79 Å². The van der Waals surface area contributed by atoms with E-state index in [0.29, 0.717) is 12.3 Å². The van der Waals surface area contributed by atoms with E-state index in [-0.39, 0.29) is 11.1 Å². The Kier molecular flexibility index (Phi) is 6.53. The number of amides is 1. The molecule has 0 aromatic rings. The van der Waals surface area contributed by atoms with E-state index in [4.69, 9.17) is 0 Å². The Labute approximate surface area is 92.5 Å². The summed E-state index contributed by atoms with van der Waals surface area (Å²) in [4.78, 5) is 22.3. The number of ether oxygens (including phenoxy) is 1. The van der Waals surface area contributed by atoms with Gasteiger partial charge in [0.15, 0.2) is 5.78 Å². The second kappa shape index (κ2) is 6.81. The minimum Gasteiger partial charge on any atom is -0.453 e.